The minimum absolute atomic E-state index is 0.258. The maximum atomic E-state index is 5.55. The first-order valence-corrected chi connectivity index (χ1v) is 7.43. The summed E-state index contributed by atoms with van der Waals surface area (Å²) in [6, 6.07) is 0. The summed E-state index contributed by atoms with van der Waals surface area (Å²) in [4.78, 5) is 0. The second kappa shape index (κ2) is 10.9. The molecule has 0 spiro atoms. The fraction of sp³-hybridized carbons (Fsp3) is 0.556. The summed E-state index contributed by atoms with van der Waals surface area (Å²) >= 11 is 11.1. The summed E-state index contributed by atoms with van der Waals surface area (Å²) < 4.78 is 15.7. The van der Waals surface area contributed by atoms with Gasteiger partial charge in [0.05, 0.1) is 26.4 Å². The lowest BCUT2D eigenvalue weighted by Gasteiger charge is -2.17. The van der Waals surface area contributed by atoms with Crippen LogP contribution >= 0.6 is 29.3 Å². The van der Waals surface area contributed by atoms with E-state index < -0.39 is 6.85 Å². The molecule has 0 radical (unpaired) electrons. The molecule has 0 aromatic carbocycles. The fourth-order valence-corrected chi connectivity index (χ4v) is 1.81. The first-order chi connectivity index (χ1) is 7.20. The van der Waals surface area contributed by atoms with Gasteiger partial charge in [-0.1, -0.05) is 12.2 Å². The fourth-order valence-electron chi connectivity index (χ4n) is 0.787. The van der Waals surface area contributed by atoms with Crippen molar-refractivity contribution >= 4 is 29.3 Å². The summed E-state index contributed by atoms with van der Waals surface area (Å²) in [6.45, 7) is 7.30. The first kappa shape index (κ1) is 15.4. The van der Waals surface area contributed by atoms with Crippen molar-refractivity contribution in [2.45, 2.75) is 6.10 Å². The van der Waals surface area contributed by atoms with Crippen LogP contribution in [0.3, 0.4) is 0 Å². The SMILES string of the molecule is C=CCOCC(COCC=C)OP(Cl)Cl. The molecular formula is C9H15Cl2O3P. The molecule has 0 atom stereocenters. The Morgan fingerprint density at radius 3 is 1.87 bits per heavy atom. The minimum Gasteiger partial charge on any atom is -0.375 e. The molecule has 0 aromatic rings. The maximum Gasteiger partial charge on any atom is 0.225 e. The van der Waals surface area contributed by atoms with Gasteiger partial charge < -0.3 is 14.0 Å². The normalized spacial score (nSPS) is 10.9. The Morgan fingerprint density at radius 1 is 1.07 bits per heavy atom. The van der Waals surface area contributed by atoms with Crippen molar-refractivity contribution in [3.8, 4) is 0 Å². The lowest BCUT2D eigenvalue weighted by Crippen LogP contribution is -2.23. The van der Waals surface area contributed by atoms with E-state index in [-0.39, 0.29) is 6.10 Å². The number of hydrogen-bond acceptors (Lipinski definition) is 3. The van der Waals surface area contributed by atoms with Gasteiger partial charge in [-0.15, -0.1) is 13.2 Å². The average molecular weight is 273 g/mol. The van der Waals surface area contributed by atoms with Crippen molar-refractivity contribution in [1.82, 2.24) is 0 Å². The molecule has 6 heteroatoms. The molecule has 0 amide bonds. The van der Waals surface area contributed by atoms with Crippen LogP contribution in [0, 0.1) is 0 Å². The van der Waals surface area contributed by atoms with Gasteiger partial charge in [0.1, 0.15) is 6.10 Å². The van der Waals surface area contributed by atoms with E-state index in [4.69, 9.17) is 36.5 Å². The van der Waals surface area contributed by atoms with Crippen molar-refractivity contribution in [2.24, 2.45) is 0 Å². The predicted octanol–water partition coefficient (Wildman–Crippen LogP) is 3.48. The smallest absolute Gasteiger partial charge is 0.225 e. The van der Waals surface area contributed by atoms with E-state index in [1.807, 2.05) is 0 Å². The highest BCUT2D eigenvalue weighted by atomic mass is 35.9. The zero-order chi connectivity index (χ0) is 11.5. The lowest BCUT2D eigenvalue weighted by molar-refractivity contribution is 0.0145. The third-order valence-electron chi connectivity index (χ3n) is 1.31. The minimum atomic E-state index is -1.45. The Kier molecular flexibility index (Phi) is 11.1. The molecule has 0 saturated heterocycles. The molecule has 0 bridgehead atoms. The Bertz CT molecular complexity index is 165. The van der Waals surface area contributed by atoms with Gasteiger partial charge in [0.2, 0.25) is 6.85 Å². The van der Waals surface area contributed by atoms with Gasteiger partial charge in [0.25, 0.3) is 0 Å². The first-order valence-electron chi connectivity index (χ1n) is 4.36. The molecule has 0 N–H and O–H groups in total. The molecule has 0 fully saturated rings. The molecule has 0 aliphatic rings. The quantitative estimate of drug-likeness (QED) is 0.346. The van der Waals surface area contributed by atoms with E-state index in [2.05, 4.69) is 13.2 Å². The number of ether oxygens (including phenoxy) is 2. The molecule has 15 heavy (non-hydrogen) atoms. The molecule has 0 aliphatic carbocycles. The third-order valence-corrected chi connectivity index (χ3v) is 2.24. The van der Waals surface area contributed by atoms with E-state index in [1.54, 1.807) is 12.2 Å². The van der Waals surface area contributed by atoms with Crippen LogP contribution < -0.4 is 0 Å². The molecular weight excluding hydrogens is 258 g/mol. The van der Waals surface area contributed by atoms with E-state index in [0.717, 1.165) is 0 Å². The van der Waals surface area contributed by atoms with Crippen LogP contribution in [0.5, 0.6) is 0 Å². The Hall–Kier alpha value is 0.370. The molecule has 0 aliphatic heterocycles. The van der Waals surface area contributed by atoms with Crippen LogP contribution in [-0.4, -0.2) is 32.5 Å². The van der Waals surface area contributed by atoms with Crippen molar-refractivity contribution < 1.29 is 14.0 Å². The molecule has 3 nitrogen and oxygen atoms in total. The second-order valence-corrected chi connectivity index (χ2v) is 5.56. The molecule has 0 heterocycles. The van der Waals surface area contributed by atoms with E-state index >= 15 is 0 Å². The van der Waals surface area contributed by atoms with Crippen LogP contribution in [0.2, 0.25) is 0 Å². The molecule has 88 valence electrons. The lowest BCUT2D eigenvalue weighted by atomic mass is 10.4. The zero-order valence-electron chi connectivity index (χ0n) is 8.40. The van der Waals surface area contributed by atoms with Crippen LogP contribution in [0.4, 0.5) is 0 Å². The largest absolute Gasteiger partial charge is 0.375 e. The van der Waals surface area contributed by atoms with Crippen molar-refractivity contribution in [1.29, 1.82) is 0 Å². The van der Waals surface area contributed by atoms with Crippen molar-refractivity contribution in [3.05, 3.63) is 25.3 Å². The van der Waals surface area contributed by atoms with E-state index in [0.29, 0.717) is 26.4 Å². The number of hydrogen-bond donors (Lipinski definition) is 0. The van der Waals surface area contributed by atoms with Crippen molar-refractivity contribution in [3.63, 3.8) is 0 Å². The summed E-state index contributed by atoms with van der Waals surface area (Å²) in [5, 5.41) is 0. The van der Waals surface area contributed by atoms with Gasteiger partial charge in [-0.3, -0.25) is 0 Å². The molecule has 0 aromatic heterocycles. The highest BCUT2D eigenvalue weighted by Gasteiger charge is 2.14. The summed E-state index contributed by atoms with van der Waals surface area (Å²) in [7, 11) is 0. The van der Waals surface area contributed by atoms with Gasteiger partial charge in [-0.25, -0.2) is 0 Å². The summed E-state index contributed by atoms with van der Waals surface area (Å²) in [6.07, 6.45) is 3.06. The molecule has 0 saturated carbocycles. The van der Waals surface area contributed by atoms with Gasteiger partial charge in [0.15, 0.2) is 0 Å². The third kappa shape index (κ3) is 10.6. The molecule has 0 rings (SSSR count). The highest BCUT2D eigenvalue weighted by molar-refractivity contribution is 8.00. The van der Waals surface area contributed by atoms with Gasteiger partial charge in [0, 0.05) is 0 Å². The van der Waals surface area contributed by atoms with Crippen LogP contribution in [-0.2, 0) is 14.0 Å². The summed E-state index contributed by atoms with van der Waals surface area (Å²) in [5.41, 5.74) is 0. The Balaban J connectivity index is 3.72. The monoisotopic (exact) mass is 272 g/mol. The maximum absolute atomic E-state index is 5.55. The number of rotatable bonds is 10. The Morgan fingerprint density at radius 2 is 1.53 bits per heavy atom. The predicted molar refractivity (Wildman–Crippen MR) is 65.5 cm³/mol. The zero-order valence-corrected chi connectivity index (χ0v) is 10.8. The van der Waals surface area contributed by atoms with Gasteiger partial charge >= 0.3 is 0 Å². The van der Waals surface area contributed by atoms with Crippen molar-refractivity contribution in [2.75, 3.05) is 26.4 Å². The Labute approximate surface area is 101 Å². The highest BCUT2D eigenvalue weighted by Crippen LogP contribution is 2.48. The van der Waals surface area contributed by atoms with Gasteiger partial charge in [-0.05, 0) is 22.5 Å². The number of halogens is 2. The molecule has 0 unspecified atom stereocenters. The second-order valence-electron chi connectivity index (χ2n) is 2.58. The van der Waals surface area contributed by atoms with E-state index in [1.165, 1.54) is 0 Å². The van der Waals surface area contributed by atoms with Crippen LogP contribution in [0.25, 0.3) is 0 Å². The van der Waals surface area contributed by atoms with E-state index in [9.17, 15) is 0 Å². The van der Waals surface area contributed by atoms with Crippen LogP contribution in [0.15, 0.2) is 25.3 Å². The standard InChI is InChI=1S/C9H15Cl2O3P/c1-3-5-12-7-9(14-15(10)11)8-13-6-4-2/h3-4,9H,1-2,5-8H2. The summed E-state index contributed by atoms with van der Waals surface area (Å²) in [5.74, 6) is 0. The average Bonchev–Trinajstić information content (AvgIpc) is 2.17. The van der Waals surface area contributed by atoms with Crippen LogP contribution in [0.1, 0.15) is 0 Å². The topological polar surface area (TPSA) is 27.7 Å². The van der Waals surface area contributed by atoms with Gasteiger partial charge in [-0.2, -0.15) is 0 Å².